The standard InChI is InChI=1S/C23H29ClO2/c1-4-6-19(14-20-9-8-17(2)18(3)13-20)7-5-12-26-23-11-10-21(16-25)15-22(23)24/h8-11,13,15-16,19H,4-7,12,14H2,1-3H3/t19-/m1/s1. The van der Waals surface area contributed by atoms with Crippen LogP contribution in [0.3, 0.4) is 0 Å². The highest BCUT2D eigenvalue weighted by Gasteiger charge is 2.10. The van der Waals surface area contributed by atoms with Gasteiger partial charge in [-0.2, -0.15) is 0 Å². The lowest BCUT2D eigenvalue weighted by atomic mass is 9.90. The molecule has 0 heterocycles. The smallest absolute Gasteiger partial charge is 0.150 e. The van der Waals surface area contributed by atoms with Crippen LogP contribution in [-0.2, 0) is 6.42 Å². The van der Waals surface area contributed by atoms with Crippen LogP contribution in [0.1, 0.15) is 59.7 Å². The van der Waals surface area contributed by atoms with Crippen LogP contribution in [0.15, 0.2) is 36.4 Å². The molecule has 0 spiro atoms. The van der Waals surface area contributed by atoms with Crippen LogP contribution < -0.4 is 4.74 Å². The molecule has 0 fully saturated rings. The summed E-state index contributed by atoms with van der Waals surface area (Å²) in [6, 6.07) is 11.9. The molecule has 0 unspecified atom stereocenters. The van der Waals surface area contributed by atoms with Crippen LogP contribution in [0.5, 0.6) is 5.75 Å². The first kappa shape index (κ1) is 20.5. The lowest BCUT2D eigenvalue weighted by molar-refractivity contribution is 0.112. The van der Waals surface area contributed by atoms with Crippen LogP contribution in [0.4, 0.5) is 0 Å². The van der Waals surface area contributed by atoms with Gasteiger partial charge in [-0.3, -0.25) is 4.79 Å². The molecule has 0 N–H and O–H groups in total. The summed E-state index contributed by atoms with van der Waals surface area (Å²) < 4.78 is 5.80. The van der Waals surface area contributed by atoms with E-state index in [0.717, 1.165) is 25.5 Å². The van der Waals surface area contributed by atoms with E-state index in [1.807, 2.05) is 0 Å². The molecule has 1 atom stereocenters. The van der Waals surface area contributed by atoms with Crippen molar-refractivity contribution < 1.29 is 9.53 Å². The Morgan fingerprint density at radius 2 is 1.88 bits per heavy atom. The number of rotatable bonds is 10. The molecule has 0 aromatic heterocycles. The first-order valence-electron chi connectivity index (χ1n) is 9.47. The molecule has 0 saturated heterocycles. The van der Waals surface area contributed by atoms with E-state index < -0.39 is 0 Å². The second-order valence-electron chi connectivity index (χ2n) is 7.08. The number of carbonyl (C=O) groups excluding carboxylic acids is 1. The predicted octanol–water partition coefficient (Wildman–Crippen LogP) is 6.59. The summed E-state index contributed by atoms with van der Waals surface area (Å²) in [6.07, 6.45) is 6.50. The highest BCUT2D eigenvalue weighted by atomic mass is 35.5. The quantitative estimate of drug-likeness (QED) is 0.347. The number of aldehydes is 1. The van der Waals surface area contributed by atoms with Crippen molar-refractivity contribution in [2.24, 2.45) is 5.92 Å². The van der Waals surface area contributed by atoms with Gasteiger partial charge in [-0.1, -0.05) is 49.6 Å². The summed E-state index contributed by atoms with van der Waals surface area (Å²) in [6.45, 7) is 7.24. The van der Waals surface area contributed by atoms with E-state index in [1.54, 1.807) is 18.2 Å². The van der Waals surface area contributed by atoms with Crippen LogP contribution in [0.25, 0.3) is 0 Å². The summed E-state index contributed by atoms with van der Waals surface area (Å²) in [5.74, 6) is 1.33. The monoisotopic (exact) mass is 372 g/mol. The highest BCUT2D eigenvalue weighted by Crippen LogP contribution is 2.26. The molecule has 2 aromatic carbocycles. The molecule has 3 heteroatoms. The van der Waals surface area contributed by atoms with E-state index in [9.17, 15) is 4.79 Å². The molecule has 0 aliphatic rings. The molecule has 0 bridgehead atoms. The molecule has 0 saturated carbocycles. The number of benzene rings is 2. The summed E-state index contributed by atoms with van der Waals surface area (Å²) in [5.41, 5.74) is 4.72. The Kier molecular flexibility index (Phi) is 8.18. The molecule has 0 amide bonds. The molecule has 2 aromatic rings. The van der Waals surface area contributed by atoms with Crippen LogP contribution >= 0.6 is 11.6 Å². The molecular formula is C23H29ClO2. The Labute approximate surface area is 162 Å². The fourth-order valence-electron chi connectivity index (χ4n) is 3.28. The van der Waals surface area contributed by atoms with Gasteiger partial charge >= 0.3 is 0 Å². The maximum absolute atomic E-state index is 10.8. The fraction of sp³-hybridized carbons (Fsp3) is 0.435. The van der Waals surface area contributed by atoms with Gasteiger partial charge in [0.2, 0.25) is 0 Å². The topological polar surface area (TPSA) is 26.3 Å². The number of hydrogen-bond donors (Lipinski definition) is 0. The Hall–Kier alpha value is -1.80. The van der Waals surface area contributed by atoms with Crippen molar-refractivity contribution in [2.45, 2.75) is 52.9 Å². The van der Waals surface area contributed by atoms with Crippen LogP contribution in [0, 0.1) is 19.8 Å². The van der Waals surface area contributed by atoms with Gasteiger partial charge in [0.05, 0.1) is 11.6 Å². The molecule has 0 radical (unpaired) electrons. The van der Waals surface area contributed by atoms with E-state index in [4.69, 9.17) is 16.3 Å². The van der Waals surface area contributed by atoms with Crippen molar-refractivity contribution in [3.8, 4) is 5.75 Å². The third-order valence-corrected chi connectivity index (χ3v) is 5.19. The molecule has 140 valence electrons. The lowest BCUT2D eigenvalue weighted by Crippen LogP contribution is -2.08. The zero-order valence-corrected chi connectivity index (χ0v) is 16.8. The molecule has 0 aliphatic carbocycles. The first-order chi connectivity index (χ1) is 12.5. The van der Waals surface area contributed by atoms with E-state index in [1.165, 1.54) is 29.5 Å². The van der Waals surface area contributed by atoms with E-state index in [-0.39, 0.29) is 0 Å². The normalized spacial score (nSPS) is 12.0. The Morgan fingerprint density at radius 1 is 1.08 bits per heavy atom. The van der Waals surface area contributed by atoms with Gasteiger partial charge in [0.25, 0.3) is 0 Å². The van der Waals surface area contributed by atoms with E-state index in [0.29, 0.717) is 28.9 Å². The van der Waals surface area contributed by atoms with Gasteiger partial charge in [-0.15, -0.1) is 0 Å². The second kappa shape index (κ2) is 10.4. The minimum atomic E-state index is 0.495. The predicted molar refractivity (Wildman–Crippen MR) is 110 cm³/mol. The maximum Gasteiger partial charge on any atom is 0.150 e. The molecule has 26 heavy (non-hydrogen) atoms. The number of hydrogen-bond acceptors (Lipinski definition) is 2. The van der Waals surface area contributed by atoms with Gasteiger partial charge in [0.15, 0.2) is 0 Å². The van der Waals surface area contributed by atoms with Gasteiger partial charge in [-0.25, -0.2) is 0 Å². The van der Waals surface area contributed by atoms with Crippen molar-refractivity contribution in [2.75, 3.05) is 6.61 Å². The number of carbonyl (C=O) groups is 1. The summed E-state index contributed by atoms with van der Waals surface area (Å²) >= 11 is 6.15. The zero-order valence-electron chi connectivity index (χ0n) is 16.1. The number of halogens is 1. The van der Waals surface area contributed by atoms with Crippen molar-refractivity contribution >= 4 is 17.9 Å². The SMILES string of the molecule is CCC[C@H](CCCOc1ccc(C=O)cc1Cl)Cc1ccc(C)c(C)c1. The number of ether oxygens (including phenoxy) is 1. The average molecular weight is 373 g/mol. The molecule has 2 nitrogen and oxygen atoms in total. The average Bonchev–Trinajstić information content (AvgIpc) is 2.63. The fourth-order valence-corrected chi connectivity index (χ4v) is 3.53. The van der Waals surface area contributed by atoms with Gasteiger partial charge in [0.1, 0.15) is 12.0 Å². The summed E-state index contributed by atoms with van der Waals surface area (Å²) in [5, 5.41) is 0.495. The van der Waals surface area contributed by atoms with E-state index in [2.05, 4.69) is 39.0 Å². The first-order valence-corrected chi connectivity index (χ1v) is 9.85. The van der Waals surface area contributed by atoms with Crippen molar-refractivity contribution in [1.29, 1.82) is 0 Å². The largest absolute Gasteiger partial charge is 0.492 e. The van der Waals surface area contributed by atoms with Crippen LogP contribution in [0.2, 0.25) is 5.02 Å². The number of aryl methyl sites for hydroxylation is 2. The minimum Gasteiger partial charge on any atom is -0.492 e. The van der Waals surface area contributed by atoms with Crippen molar-refractivity contribution in [1.82, 2.24) is 0 Å². The third kappa shape index (κ3) is 6.17. The Bertz CT molecular complexity index is 724. The summed E-state index contributed by atoms with van der Waals surface area (Å²) in [7, 11) is 0. The van der Waals surface area contributed by atoms with Crippen molar-refractivity contribution in [3.05, 3.63) is 63.7 Å². The van der Waals surface area contributed by atoms with Crippen molar-refractivity contribution in [3.63, 3.8) is 0 Å². The highest BCUT2D eigenvalue weighted by molar-refractivity contribution is 6.32. The second-order valence-corrected chi connectivity index (χ2v) is 7.48. The lowest BCUT2D eigenvalue weighted by Gasteiger charge is -2.17. The Balaban J connectivity index is 1.84. The third-order valence-electron chi connectivity index (χ3n) is 4.90. The Morgan fingerprint density at radius 3 is 2.54 bits per heavy atom. The molecular weight excluding hydrogens is 344 g/mol. The molecule has 2 rings (SSSR count). The van der Waals surface area contributed by atoms with Gasteiger partial charge < -0.3 is 4.74 Å². The zero-order chi connectivity index (χ0) is 18.9. The minimum absolute atomic E-state index is 0.495. The van der Waals surface area contributed by atoms with E-state index >= 15 is 0 Å². The molecule has 0 aliphatic heterocycles. The maximum atomic E-state index is 10.8. The summed E-state index contributed by atoms with van der Waals surface area (Å²) in [4.78, 5) is 10.8. The van der Waals surface area contributed by atoms with Gasteiger partial charge in [0, 0.05) is 5.56 Å². The van der Waals surface area contributed by atoms with Crippen LogP contribution in [-0.4, -0.2) is 12.9 Å². The van der Waals surface area contributed by atoms with Gasteiger partial charge in [-0.05, 0) is 73.9 Å².